The summed E-state index contributed by atoms with van der Waals surface area (Å²) in [7, 11) is 0. The van der Waals surface area contributed by atoms with Crippen molar-refractivity contribution >= 4 is 34.1 Å². The molecule has 0 aliphatic carbocycles. The summed E-state index contributed by atoms with van der Waals surface area (Å²) < 4.78 is 13.6. The number of fused-ring (bicyclic) bond motifs is 1. The summed E-state index contributed by atoms with van der Waals surface area (Å²) in [6.45, 7) is 2.03. The second-order valence-electron chi connectivity index (χ2n) is 4.36. The molecule has 21 heavy (non-hydrogen) atoms. The van der Waals surface area contributed by atoms with Crippen molar-refractivity contribution < 1.29 is 14.4 Å². The van der Waals surface area contributed by atoms with E-state index in [1.54, 1.807) is 0 Å². The van der Waals surface area contributed by atoms with Gasteiger partial charge in [0.1, 0.15) is 0 Å². The molecule has 9 heteroatoms. The van der Waals surface area contributed by atoms with Gasteiger partial charge in [-0.3, -0.25) is 10.1 Å². The van der Waals surface area contributed by atoms with Crippen molar-refractivity contribution in [2.45, 2.75) is 19.4 Å². The largest absolute Gasteiger partial charge is 0.391 e. The molecule has 0 aliphatic rings. The van der Waals surface area contributed by atoms with Crippen LogP contribution in [0.3, 0.4) is 0 Å². The highest BCUT2D eigenvalue weighted by atomic mass is 35.5. The molecule has 2 aromatic rings. The number of halogens is 2. The fourth-order valence-electron chi connectivity index (χ4n) is 1.66. The summed E-state index contributed by atoms with van der Waals surface area (Å²) in [4.78, 5) is 17.8. The Morgan fingerprint density at radius 2 is 2.14 bits per heavy atom. The molecule has 1 aromatic heterocycles. The first-order valence-electron chi connectivity index (χ1n) is 6.15. The van der Waals surface area contributed by atoms with Gasteiger partial charge >= 0.3 is 5.69 Å². The van der Waals surface area contributed by atoms with E-state index in [-0.39, 0.29) is 28.5 Å². The van der Waals surface area contributed by atoms with Crippen molar-refractivity contribution in [3.05, 3.63) is 33.2 Å². The fourth-order valence-corrected chi connectivity index (χ4v) is 1.86. The topological polar surface area (TPSA) is 101 Å². The molecule has 1 atom stereocenters. The van der Waals surface area contributed by atoms with Crippen LogP contribution in [0.4, 0.5) is 15.9 Å². The minimum atomic E-state index is -0.997. The molecule has 7 nitrogen and oxygen atoms in total. The fraction of sp³-hybridized carbons (Fsp3) is 0.333. The van der Waals surface area contributed by atoms with E-state index in [0.29, 0.717) is 6.42 Å². The van der Waals surface area contributed by atoms with Crippen LogP contribution in [-0.2, 0) is 0 Å². The van der Waals surface area contributed by atoms with Crippen LogP contribution in [0.15, 0.2) is 12.1 Å². The van der Waals surface area contributed by atoms with Crippen molar-refractivity contribution in [2.75, 3.05) is 11.9 Å². The summed E-state index contributed by atoms with van der Waals surface area (Å²) in [5, 5.41) is 22.9. The molecule has 2 rings (SSSR count). The van der Waals surface area contributed by atoms with Gasteiger partial charge in [0, 0.05) is 18.7 Å². The van der Waals surface area contributed by atoms with Crippen molar-refractivity contribution in [1.82, 2.24) is 9.97 Å². The zero-order valence-corrected chi connectivity index (χ0v) is 11.8. The number of nitrogens with one attached hydrogen (secondary N) is 1. The predicted octanol–water partition coefficient (Wildman–Crippen LogP) is 2.51. The standard InChI is InChI=1S/C12H12ClFN4O3/c1-2-6(19)5-15-12-11(13)16-9-4-10(18(20)21)7(14)3-8(9)17-12/h3-4,6,19H,2,5H2,1H3,(H,15,17). The second-order valence-corrected chi connectivity index (χ2v) is 4.71. The molecule has 0 bridgehead atoms. The SMILES string of the molecule is CCC(O)CNc1nc2cc(F)c([N+](=O)[O-])cc2nc1Cl. The van der Waals surface area contributed by atoms with Gasteiger partial charge in [-0.25, -0.2) is 9.97 Å². The van der Waals surface area contributed by atoms with Gasteiger partial charge in [-0.1, -0.05) is 18.5 Å². The Balaban J connectivity index is 2.41. The summed E-state index contributed by atoms with van der Waals surface area (Å²) in [6.07, 6.45) is -0.0286. The molecule has 1 heterocycles. The summed E-state index contributed by atoms with van der Waals surface area (Å²) >= 11 is 5.92. The molecule has 0 saturated heterocycles. The van der Waals surface area contributed by atoms with E-state index in [4.69, 9.17) is 11.6 Å². The highest BCUT2D eigenvalue weighted by molar-refractivity contribution is 6.32. The number of nitro benzene ring substituents is 1. The van der Waals surface area contributed by atoms with E-state index in [1.165, 1.54) is 0 Å². The minimum Gasteiger partial charge on any atom is -0.391 e. The Hall–Kier alpha value is -2.06. The third kappa shape index (κ3) is 3.34. The molecule has 0 radical (unpaired) electrons. The smallest absolute Gasteiger partial charge is 0.307 e. The number of anilines is 1. The van der Waals surface area contributed by atoms with Gasteiger partial charge < -0.3 is 10.4 Å². The van der Waals surface area contributed by atoms with Crippen LogP contribution in [0, 0.1) is 15.9 Å². The Kier molecular flexibility index (Phi) is 4.49. The maximum absolute atomic E-state index is 13.6. The van der Waals surface area contributed by atoms with Crippen LogP contribution >= 0.6 is 11.6 Å². The van der Waals surface area contributed by atoms with Crippen LogP contribution in [0.2, 0.25) is 5.15 Å². The van der Waals surface area contributed by atoms with E-state index in [0.717, 1.165) is 12.1 Å². The van der Waals surface area contributed by atoms with Crippen molar-refractivity contribution in [3.8, 4) is 0 Å². The Morgan fingerprint density at radius 3 is 2.76 bits per heavy atom. The van der Waals surface area contributed by atoms with Gasteiger partial charge in [-0.05, 0) is 6.42 Å². The average molecular weight is 315 g/mol. The monoisotopic (exact) mass is 314 g/mol. The molecule has 112 valence electrons. The lowest BCUT2D eigenvalue weighted by atomic mass is 10.2. The van der Waals surface area contributed by atoms with Gasteiger partial charge in [0.2, 0.25) is 5.82 Å². The van der Waals surface area contributed by atoms with Crippen LogP contribution in [0.5, 0.6) is 0 Å². The molecule has 0 spiro atoms. The van der Waals surface area contributed by atoms with Crippen LogP contribution in [0.1, 0.15) is 13.3 Å². The number of nitro groups is 1. The summed E-state index contributed by atoms with van der Waals surface area (Å²) in [5.74, 6) is -0.811. The van der Waals surface area contributed by atoms with Gasteiger partial charge in [0.25, 0.3) is 0 Å². The van der Waals surface area contributed by atoms with Crippen LogP contribution < -0.4 is 5.32 Å². The van der Waals surface area contributed by atoms with Crippen LogP contribution in [0.25, 0.3) is 11.0 Å². The molecule has 0 amide bonds. The lowest BCUT2D eigenvalue weighted by Gasteiger charge is -2.11. The van der Waals surface area contributed by atoms with Gasteiger partial charge in [0.05, 0.1) is 22.1 Å². The van der Waals surface area contributed by atoms with E-state index in [9.17, 15) is 19.6 Å². The number of aromatic nitrogens is 2. The van der Waals surface area contributed by atoms with Gasteiger partial charge in [-0.15, -0.1) is 0 Å². The van der Waals surface area contributed by atoms with E-state index < -0.39 is 22.5 Å². The molecule has 1 aromatic carbocycles. The molecule has 0 aliphatic heterocycles. The first-order chi connectivity index (χ1) is 9.92. The number of hydrogen-bond acceptors (Lipinski definition) is 6. The Labute approximate surface area is 123 Å². The molecular formula is C12H12ClFN4O3. The average Bonchev–Trinajstić information content (AvgIpc) is 2.44. The minimum absolute atomic E-state index is 0.00768. The maximum Gasteiger partial charge on any atom is 0.307 e. The Bertz CT molecular complexity index is 698. The molecular weight excluding hydrogens is 303 g/mol. The zero-order chi connectivity index (χ0) is 15.6. The van der Waals surface area contributed by atoms with Crippen molar-refractivity contribution in [3.63, 3.8) is 0 Å². The van der Waals surface area contributed by atoms with Crippen molar-refractivity contribution in [2.24, 2.45) is 0 Å². The summed E-state index contributed by atoms with van der Waals surface area (Å²) in [5.41, 5.74) is -0.430. The lowest BCUT2D eigenvalue weighted by molar-refractivity contribution is -0.387. The predicted molar refractivity (Wildman–Crippen MR) is 75.9 cm³/mol. The molecule has 1 unspecified atom stereocenters. The highest BCUT2D eigenvalue weighted by Gasteiger charge is 2.18. The first-order valence-corrected chi connectivity index (χ1v) is 6.53. The quantitative estimate of drug-likeness (QED) is 0.649. The van der Waals surface area contributed by atoms with E-state index >= 15 is 0 Å². The van der Waals surface area contributed by atoms with Crippen molar-refractivity contribution in [1.29, 1.82) is 0 Å². The van der Waals surface area contributed by atoms with Gasteiger partial charge in [-0.2, -0.15) is 4.39 Å². The molecule has 2 N–H and O–H groups in total. The number of rotatable bonds is 5. The Morgan fingerprint density at radius 1 is 1.48 bits per heavy atom. The molecule has 0 saturated carbocycles. The zero-order valence-electron chi connectivity index (χ0n) is 11.0. The number of nitrogens with zero attached hydrogens (tertiary/aromatic N) is 3. The third-order valence-corrected chi connectivity index (χ3v) is 3.13. The first kappa shape index (κ1) is 15.3. The number of benzene rings is 1. The third-order valence-electron chi connectivity index (χ3n) is 2.86. The second kappa shape index (κ2) is 6.15. The van der Waals surface area contributed by atoms with Crippen LogP contribution in [-0.4, -0.2) is 32.6 Å². The summed E-state index contributed by atoms with van der Waals surface area (Å²) in [6, 6.07) is 1.91. The maximum atomic E-state index is 13.6. The van der Waals surface area contributed by atoms with Gasteiger partial charge in [0.15, 0.2) is 11.0 Å². The number of aliphatic hydroxyl groups excluding tert-OH is 1. The lowest BCUT2D eigenvalue weighted by Crippen LogP contribution is -2.19. The number of aliphatic hydroxyl groups is 1. The highest BCUT2D eigenvalue weighted by Crippen LogP contribution is 2.26. The normalized spacial score (nSPS) is 12.4. The number of hydrogen-bond donors (Lipinski definition) is 2. The van der Waals surface area contributed by atoms with E-state index in [1.807, 2.05) is 6.92 Å². The molecule has 0 fully saturated rings. The van der Waals surface area contributed by atoms with E-state index in [2.05, 4.69) is 15.3 Å².